The molecule has 3 rings (SSSR count). The van der Waals surface area contributed by atoms with E-state index in [1.54, 1.807) is 0 Å². The second-order valence-electron chi connectivity index (χ2n) is 7.16. The molecule has 1 aliphatic rings. The third-order valence-electron chi connectivity index (χ3n) is 5.24. The Hall–Kier alpha value is -3.15. The lowest BCUT2D eigenvalue weighted by Crippen LogP contribution is -2.38. The van der Waals surface area contributed by atoms with Gasteiger partial charge in [-0.2, -0.15) is 0 Å². The molecule has 2 aromatic rings. The van der Waals surface area contributed by atoms with Crippen molar-refractivity contribution in [2.45, 2.75) is 45.6 Å². The topological polar surface area (TPSA) is 78.5 Å². The summed E-state index contributed by atoms with van der Waals surface area (Å²) in [6.45, 7) is 3.77. The number of nitrogens with one attached hydrogen (secondary N) is 2. The van der Waals surface area contributed by atoms with E-state index in [0.29, 0.717) is 12.8 Å². The first-order chi connectivity index (χ1) is 14.0. The van der Waals surface area contributed by atoms with Gasteiger partial charge in [0.05, 0.1) is 0 Å². The van der Waals surface area contributed by atoms with Crippen molar-refractivity contribution in [3.8, 4) is 0 Å². The van der Waals surface area contributed by atoms with Crippen LogP contribution in [0.25, 0.3) is 0 Å². The van der Waals surface area contributed by atoms with Crippen LogP contribution in [0.5, 0.6) is 0 Å². The molecule has 2 N–H and O–H groups in total. The lowest BCUT2D eigenvalue weighted by atomic mass is 10.0. The third kappa shape index (κ3) is 4.83. The minimum atomic E-state index is -0.593. The van der Waals surface area contributed by atoms with Crippen molar-refractivity contribution in [2.75, 3.05) is 11.9 Å². The molecule has 1 atom stereocenters. The van der Waals surface area contributed by atoms with Crippen LogP contribution in [0.2, 0.25) is 0 Å². The Morgan fingerprint density at radius 3 is 2.28 bits per heavy atom. The Balaban J connectivity index is 1.62. The summed E-state index contributed by atoms with van der Waals surface area (Å²) in [5, 5.41) is 5.60. The van der Waals surface area contributed by atoms with Crippen LogP contribution in [0.1, 0.15) is 37.0 Å². The van der Waals surface area contributed by atoms with Gasteiger partial charge >= 0.3 is 6.03 Å². The van der Waals surface area contributed by atoms with E-state index in [0.717, 1.165) is 40.1 Å². The van der Waals surface area contributed by atoms with Crippen LogP contribution in [0.4, 0.5) is 10.5 Å². The van der Waals surface area contributed by atoms with E-state index in [2.05, 4.69) is 10.6 Å². The fourth-order valence-corrected chi connectivity index (χ4v) is 3.60. The van der Waals surface area contributed by atoms with E-state index in [4.69, 9.17) is 0 Å². The monoisotopic (exact) mass is 393 g/mol. The molecule has 29 heavy (non-hydrogen) atoms. The smallest absolute Gasteiger partial charge is 0.325 e. The molecule has 4 amide bonds. The van der Waals surface area contributed by atoms with Crippen molar-refractivity contribution in [1.29, 1.82) is 0 Å². The van der Waals surface area contributed by atoms with Crippen LogP contribution >= 0.6 is 0 Å². The van der Waals surface area contributed by atoms with Gasteiger partial charge in [0.25, 0.3) is 5.91 Å². The van der Waals surface area contributed by atoms with Gasteiger partial charge in [-0.1, -0.05) is 62.4 Å². The molecule has 152 valence electrons. The highest BCUT2D eigenvalue weighted by Crippen LogP contribution is 2.23. The summed E-state index contributed by atoms with van der Waals surface area (Å²) in [6.07, 6.45) is 2.76. The normalized spacial score (nSPS) is 16.1. The number of carbonyl (C=O) groups excluding carboxylic acids is 3. The highest BCUT2D eigenvalue weighted by molar-refractivity contribution is 6.08. The zero-order valence-corrected chi connectivity index (χ0v) is 16.9. The van der Waals surface area contributed by atoms with Crippen molar-refractivity contribution < 1.29 is 14.4 Å². The van der Waals surface area contributed by atoms with E-state index < -0.39 is 12.1 Å². The summed E-state index contributed by atoms with van der Waals surface area (Å²) >= 11 is 0. The molecule has 6 heteroatoms. The highest BCUT2D eigenvalue weighted by atomic mass is 16.2. The van der Waals surface area contributed by atoms with Gasteiger partial charge in [0.15, 0.2) is 0 Å². The summed E-state index contributed by atoms with van der Waals surface area (Å²) in [6, 6.07) is 14.6. The second-order valence-corrected chi connectivity index (χ2v) is 7.16. The predicted molar refractivity (Wildman–Crippen MR) is 113 cm³/mol. The lowest BCUT2D eigenvalue weighted by Gasteiger charge is -2.17. The largest absolute Gasteiger partial charge is 0.326 e. The van der Waals surface area contributed by atoms with E-state index in [-0.39, 0.29) is 18.4 Å². The molecule has 6 nitrogen and oxygen atoms in total. The number of nitrogens with zero attached hydrogens (tertiary/aromatic N) is 1. The Kier molecular flexibility index (Phi) is 6.65. The van der Waals surface area contributed by atoms with Crippen molar-refractivity contribution in [3.63, 3.8) is 0 Å². The molecule has 0 radical (unpaired) electrons. The summed E-state index contributed by atoms with van der Waals surface area (Å²) in [7, 11) is 0. The highest BCUT2D eigenvalue weighted by Gasteiger charge is 2.38. The molecule has 0 aromatic heterocycles. The number of aryl methyl sites for hydroxylation is 3. The van der Waals surface area contributed by atoms with Crippen LogP contribution in [-0.2, 0) is 28.9 Å². The van der Waals surface area contributed by atoms with E-state index >= 15 is 0 Å². The molecule has 2 aromatic carbocycles. The predicted octanol–water partition coefficient (Wildman–Crippen LogP) is 3.30. The van der Waals surface area contributed by atoms with Gasteiger partial charge in [-0.3, -0.25) is 14.5 Å². The maximum atomic E-state index is 12.6. The Morgan fingerprint density at radius 2 is 1.66 bits per heavy atom. The number of anilines is 1. The number of carbonyl (C=O) groups is 3. The molecular weight excluding hydrogens is 366 g/mol. The molecule has 0 bridgehead atoms. The number of rotatable bonds is 8. The number of para-hydroxylation sites is 1. The lowest BCUT2D eigenvalue weighted by molar-refractivity contribution is -0.130. The van der Waals surface area contributed by atoms with E-state index in [1.165, 1.54) is 0 Å². The Morgan fingerprint density at radius 1 is 1.00 bits per heavy atom. The van der Waals surface area contributed by atoms with Crippen LogP contribution < -0.4 is 10.6 Å². The number of imide groups is 1. The molecular formula is C23H27N3O3. The minimum absolute atomic E-state index is 0.284. The number of amides is 4. The van der Waals surface area contributed by atoms with Gasteiger partial charge in [0, 0.05) is 5.69 Å². The third-order valence-corrected chi connectivity index (χ3v) is 5.24. The summed E-state index contributed by atoms with van der Waals surface area (Å²) in [5.74, 6) is -0.714. The van der Waals surface area contributed by atoms with Crippen LogP contribution in [0, 0.1) is 0 Å². The summed E-state index contributed by atoms with van der Waals surface area (Å²) in [5.41, 5.74) is 3.97. The second kappa shape index (κ2) is 9.37. The molecule has 0 spiro atoms. The van der Waals surface area contributed by atoms with Gasteiger partial charge in [0.2, 0.25) is 5.91 Å². The van der Waals surface area contributed by atoms with Crippen molar-refractivity contribution >= 4 is 23.5 Å². The van der Waals surface area contributed by atoms with Gasteiger partial charge in [-0.05, 0) is 42.4 Å². The van der Waals surface area contributed by atoms with Gasteiger partial charge in [-0.15, -0.1) is 0 Å². The molecule has 0 aliphatic carbocycles. The van der Waals surface area contributed by atoms with Crippen LogP contribution in [-0.4, -0.2) is 35.3 Å². The molecule has 1 unspecified atom stereocenters. The van der Waals surface area contributed by atoms with E-state index in [9.17, 15) is 14.4 Å². The van der Waals surface area contributed by atoms with Gasteiger partial charge in [0.1, 0.15) is 12.6 Å². The Labute approximate surface area is 171 Å². The van der Waals surface area contributed by atoms with Gasteiger partial charge in [-0.25, -0.2) is 4.79 Å². The zero-order valence-electron chi connectivity index (χ0n) is 16.9. The quantitative estimate of drug-likeness (QED) is 0.676. The minimum Gasteiger partial charge on any atom is -0.326 e. The average Bonchev–Trinajstić information content (AvgIpc) is 3.00. The molecule has 1 saturated heterocycles. The molecule has 1 aliphatic heterocycles. The first-order valence-electron chi connectivity index (χ1n) is 10.1. The maximum absolute atomic E-state index is 12.6. The average molecular weight is 393 g/mol. The summed E-state index contributed by atoms with van der Waals surface area (Å²) in [4.78, 5) is 38.5. The first kappa shape index (κ1) is 20.6. The van der Waals surface area contributed by atoms with Crippen molar-refractivity contribution in [1.82, 2.24) is 10.2 Å². The van der Waals surface area contributed by atoms with Crippen LogP contribution in [0.15, 0.2) is 48.5 Å². The standard InChI is InChI=1S/C23H27N3O3/c1-3-17-11-8-12-18(4-2)21(17)25-20(27)15-26-22(28)19(24-23(26)29)14-13-16-9-6-5-7-10-16/h5-12,19H,3-4,13-15H2,1-2H3,(H,24,29)(H,25,27). The Bertz CT molecular complexity index is 873. The molecule has 0 saturated carbocycles. The van der Waals surface area contributed by atoms with Crippen LogP contribution in [0.3, 0.4) is 0 Å². The van der Waals surface area contributed by atoms with E-state index in [1.807, 2.05) is 62.4 Å². The first-order valence-corrected chi connectivity index (χ1v) is 10.1. The fourth-order valence-electron chi connectivity index (χ4n) is 3.60. The molecule has 1 heterocycles. The SMILES string of the molecule is CCc1cccc(CC)c1NC(=O)CN1C(=O)NC(CCc2ccccc2)C1=O. The number of urea groups is 1. The molecule has 1 fully saturated rings. The number of hydrogen-bond acceptors (Lipinski definition) is 3. The number of benzene rings is 2. The fraction of sp³-hybridized carbons (Fsp3) is 0.348. The van der Waals surface area contributed by atoms with Gasteiger partial charge < -0.3 is 10.6 Å². The number of hydrogen-bond donors (Lipinski definition) is 2. The van der Waals surface area contributed by atoms with Crippen molar-refractivity contribution in [2.24, 2.45) is 0 Å². The summed E-state index contributed by atoms with van der Waals surface area (Å²) < 4.78 is 0. The van der Waals surface area contributed by atoms with Crippen molar-refractivity contribution in [3.05, 3.63) is 65.2 Å². The zero-order chi connectivity index (χ0) is 20.8. The maximum Gasteiger partial charge on any atom is 0.325 e.